The van der Waals surface area contributed by atoms with E-state index in [0.717, 1.165) is 24.2 Å². The highest BCUT2D eigenvalue weighted by molar-refractivity contribution is 5.62. The van der Waals surface area contributed by atoms with Crippen LogP contribution >= 0.6 is 0 Å². The van der Waals surface area contributed by atoms with Crippen LogP contribution in [0.1, 0.15) is 31.7 Å². The Labute approximate surface area is 108 Å². The molecule has 0 aromatic heterocycles. The molecule has 0 atom stereocenters. The monoisotopic (exact) mass is 240 g/mol. The molecular weight excluding hydrogens is 224 g/mol. The van der Waals surface area contributed by atoms with Crippen LogP contribution in [0.15, 0.2) is 29.8 Å². The molecule has 18 heavy (non-hydrogen) atoms. The summed E-state index contributed by atoms with van der Waals surface area (Å²) in [6.45, 7) is 2.85. The van der Waals surface area contributed by atoms with Gasteiger partial charge in [-0.25, -0.2) is 0 Å². The lowest BCUT2D eigenvalue weighted by Gasteiger charge is -2.06. The minimum atomic E-state index is 0.0955. The number of benzene rings is 1. The standard InChI is InChI=1S/C15H16N2O/c1-2-3-4-8-18-15-7-5-6-13(10-15)9-14(11-16)12-17/h5-7,9-10H,2-4,8H2,1H3. The molecule has 0 spiro atoms. The van der Waals surface area contributed by atoms with Crippen molar-refractivity contribution in [3.05, 3.63) is 35.4 Å². The zero-order chi connectivity index (χ0) is 13.2. The summed E-state index contributed by atoms with van der Waals surface area (Å²) in [5.41, 5.74) is 0.902. The second kappa shape index (κ2) is 7.92. The van der Waals surface area contributed by atoms with Crippen LogP contribution in [-0.4, -0.2) is 6.61 Å². The second-order valence-electron chi connectivity index (χ2n) is 3.91. The Bertz CT molecular complexity index is 476. The summed E-state index contributed by atoms with van der Waals surface area (Å²) in [5.74, 6) is 0.773. The lowest BCUT2D eigenvalue weighted by atomic mass is 10.1. The summed E-state index contributed by atoms with van der Waals surface area (Å²) < 4.78 is 5.60. The first-order valence-electron chi connectivity index (χ1n) is 6.05. The predicted molar refractivity (Wildman–Crippen MR) is 70.7 cm³/mol. The fourth-order valence-corrected chi connectivity index (χ4v) is 1.49. The van der Waals surface area contributed by atoms with Gasteiger partial charge in [0.2, 0.25) is 0 Å². The molecule has 0 radical (unpaired) electrons. The normalized spacial score (nSPS) is 9.06. The Morgan fingerprint density at radius 3 is 2.72 bits per heavy atom. The molecule has 1 aromatic carbocycles. The zero-order valence-electron chi connectivity index (χ0n) is 10.5. The van der Waals surface area contributed by atoms with E-state index in [0.29, 0.717) is 6.61 Å². The third kappa shape index (κ3) is 4.72. The fourth-order valence-electron chi connectivity index (χ4n) is 1.49. The molecule has 0 fully saturated rings. The maximum Gasteiger partial charge on any atom is 0.130 e. The van der Waals surface area contributed by atoms with Crippen molar-refractivity contribution in [2.75, 3.05) is 6.61 Å². The highest BCUT2D eigenvalue weighted by Crippen LogP contribution is 2.16. The molecule has 0 bridgehead atoms. The molecule has 3 heteroatoms. The largest absolute Gasteiger partial charge is 0.494 e. The summed E-state index contributed by atoms with van der Waals surface area (Å²) in [6, 6.07) is 11.1. The average molecular weight is 240 g/mol. The van der Waals surface area contributed by atoms with Crippen molar-refractivity contribution < 1.29 is 4.74 Å². The lowest BCUT2D eigenvalue weighted by molar-refractivity contribution is 0.306. The van der Waals surface area contributed by atoms with E-state index in [-0.39, 0.29) is 5.57 Å². The van der Waals surface area contributed by atoms with E-state index in [9.17, 15) is 0 Å². The van der Waals surface area contributed by atoms with Crippen LogP contribution in [-0.2, 0) is 0 Å². The number of hydrogen-bond donors (Lipinski definition) is 0. The molecule has 3 nitrogen and oxygen atoms in total. The summed E-state index contributed by atoms with van der Waals surface area (Å²) >= 11 is 0. The molecular formula is C15H16N2O. The number of unbranched alkanes of at least 4 members (excludes halogenated alkanes) is 2. The Morgan fingerprint density at radius 1 is 1.28 bits per heavy atom. The van der Waals surface area contributed by atoms with Gasteiger partial charge in [-0.3, -0.25) is 0 Å². The van der Waals surface area contributed by atoms with Gasteiger partial charge in [0.15, 0.2) is 0 Å². The van der Waals surface area contributed by atoms with E-state index < -0.39 is 0 Å². The Hall–Kier alpha value is -2.26. The number of nitriles is 2. The van der Waals surface area contributed by atoms with Crippen molar-refractivity contribution in [1.29, 1.82) is 10.5 Å². The topological polar surface area (TPSA) is 56.8 Å². The van der Waals surface area contributed by atoms with Gasteiger partial charge in [-0.2, -0.15) is 10.5 Å². The van der Waals surface area contributed by atoms with Gasteiger partial charge in [-0.05, 0) is 30.2 Å². The summed E-state index contributed by atoms with van der Waals surface area (Å²) in [6.07, 6.45) is 4.92. The highest BCUT2D eigenvalue weighted by atomic mass is 16.5. The Kier molecular flexibility index (Phi) is 6.08. The lowest BCUT2D eigenvalue weighted by Crippen LogP contribution is -1.96. The van der Waals surface area contributed by atoms with Crippen LogP contribution in [0.25, 0.3) is 6.08 Å². The molecule has 0 aliphatic rings. The molecule has 1 rings (SSSR count). The highest BCUT2D eigenvalue weighted by Gasteiger charge is 1.97. The van der Waals surface area contributed by atoms with Gasteiger partial charge in [0.25, 0.3) is 0 Å². The molecule has 1 aromatic rings. The number of ether oxygens (including phenoxy) is 1. The van der Waals surface area contributed by atoms with Crippen LogP contribution in [0, 0.1) is 22.7 Å². The van der Waals surface area contributed by atoms with E-state index in [4.69, 9.17) is 15.3 Å². The van der Waals surface area contributed by atoms with Crippen molar-refractivity contribution in [2.45, 2.75) is 26.2 Å². The maximum absolute atomic E-state index is 8.69. The van der Waals surface area contributed by atoms with Crippen LogP contribution in [0.3, 0.4) is 0 Å². The molecule has 92 valence electrons. The Morgan fingerprint density at radius 2 is 2.06 bits per heavy atom. The van der Waals surface area contributed by atoms with Gasteiger partial charge in [-0.1, -0.05) is 31.9 Å². The first-order valence-corrected chi connectivity index (χ1v) is 6.05. The van der Waals surface area contributed by atoms with Gasteiger partial charge < -0.3 is 4.74 Å². The number of nitrogens with zero attached hydrogens (tertiary/aromatic N) is 2. The van der Waals surface area contributed by atoms with E-state index in [1.165, 1.54) is 6.42 Å². The van der Waals surface area contributed by atoms with E-state index >= 15 is 0 Å². The SMILES string of the molecule is CCCCCOc1cccc(C=C(C#N)C#N)c1. The van der Waals surface area contributed by atoms with Gasteiger partial charge >= 0.3 is 0 Å². The summed E-state index contributed by atoms with van der Waals surface area (Å²) in [5, 5.41) is 17.4. The quantitative estimate of drug-likeness (QED) is 0.563. The van der Waals surface area contributed by atoms with Crippen molar-refractivity contribution in [3.63, 3.8) is 0 Å². The van der Waals surface area contributed by atoms with Crippen molar-refractivity contribution in [2.24, 2.45) is 0 Å². The zero-order valence-corrected chi connectivity index (χ0v) is 10.5. The molecule has 0 saturated heterocycles. The van der Waals surface area contributed by atoms with Crippen molar-refractivity contribution in [3.8, 4) is 17.9 Å². The van der Waals surface area contributed by atoms with E-state index in [1.807, 2.05) is 36.4 Å². The van der Waals surface area contributed by atoms with Gasteiger partial charge in [0, 0.05) is 0 Å². The third-order valence-electron chi connectivity index (χ3n) is 2.43. The summed E-state index contributed by atoms with van der Waals surface area (Å²) in [7, 11) is 0. The van der Waals surface area contributed by atoms with Gasteiger partial charge in [0.05, 0.1) is 6.61 Å². The second-order valence-corrected chi connectivity index (χ2v) is 3.91. The minimum Gasteiger partial charge on any atom is -0.494 e. The fraction of sp³-hybridized carbons (Fsp3) is 0.333. The predicted octanol–water partition coefficient (Wildman–Crippen LogP) is 3.69. The molecule has 0 unspecified atom stereocenters. The average Bonchev–Trinajstić information content (AvgIpc) is 2.41. The first-order chi connectivity index (χ1) is 8.80. The smallest absolute Gasteiger partial charge is 0.130 e. The van der Waals surface area contributed by atoms with E-state index in [1.54, 1.807) is 6.08 Å². The van der Waals surface area contributed by atoms with Gasteiger partial charge in [0.1, 0.15) is 23.5 Å². The molecule has 0 aliphatic heterocycles. The molecule has 0 heterocycles. The minimum absolute atomic E-state index is 0.0955. The number of rotatable bonds is 6. The number of allylic oxidation sites excluding steroid dienone is 1. The van der Waals surface area contributed by atoms with Crippen LogP contribution in [0.5, 0.6) is 5.75 Å². The van der Waals surface area contributed by atoms with Crippen molar-refractivity contribution >= 4 is 6.08 Å². The summed E-state index contributed by atoms with van der Waals surface area (Å²) in [4.78, 5) is 0. The molecule has 0 N–H and O–H groups in total. The molecule has 0 aliphatic carbocycles. The van der Waals surface area contributed by atoms with E-state index in [2.05, 4.69) is 6.92 Å². The first kappa shape index (κ1) is 13.8. The number of hydrogen-bond acceptors (Lipinski definition) is 3. The third-order valence-corrected chi connectivity index (χ3v) is 2.43. The van der Waals surface area contributed by atoms with Crippen LogP contribution in [0.2, 0.25) is 0 Å². The van der Waals surface area contributed by atoms with Crippen LogP contribution < -0.4 is 4.74 Å². The Balaban J connectivity index is 2.66. The van der Waals surface area contributed by atoms with Crippen molar-refractivity contribution in [1.82, 2.24) is 0 Å². The van der Waals surface area contributed by atoms with Gasteiger partial charge in [-0.15, -0.1) is 0 Å². The molecule has 0 amide bonds. The maximum atomic E-state index is 8.69. The molecule has 0 saturated carbocycles. The van der Waals surface area contributed by atoms with Crippen LogP contribution in [0.4, 0.5) is 0 Å².